The minimum Gasteiger partial charge on any atom is -0.338 e. The molecule has 2 aliphatic rings. The maximum absolute atomic E-state index is 12.3. The third-order valence-corrected chi connectivity index (χ3v) is 4.82. The molecule has 1 aliphatic heterocycles. The van der Waals surface area contributed by atoms with Gasteiger partial charge in [-0.05, 0) is 38.0 Å². The highest BCUT2D eigenvalue weighted by Crippen LogP contribution is 2.26. The molecule has 1 amide bonds. The number of hydrogen-bond acceptors (Lipinski definition) is 2. The molecule has 0 radical (unpaired) electrons. The highest BCUT2D eigenvalue weighted by Gasteiger charge is 2.31. The Morgan fingerprint density at radius 3 is 2.56 bits per heavy atom. The van der Waals surface area contributed by atoms with Crippen LogP contribution < -0.4 is 5.32 Å². The Hall–Kier alpha value is -0.570. The van der Waals surface area contributed by atoms with Gasteiger partial charge >= 0.3 is 0 Å². The van der Waals surface area contributed by atoms with E-state index in [0.717, 1.165) is 6.54 Å². The molecule has 0 aromatic carbocycles. The Balaban J connectivity index is 1.82. The second-order valence-electron chi connectivity index (χ2n) is 6.47. The maximum atomic E-state index is 12.3. The van der Waals surface area contributed by atoms with Crippen LogP contribution in [0.1, 0.15) is 52.9 Å². The maximum Gasteiger partial charge on any atom is 0.236 e. The molecule has 3 nitrogen and oxygen atoms in total. The smallest absolute Gasteiger partial charge is 0.236 e. The lowest BCUT2D eigenvalue weighted by Gasteiger charge is -2.41. The van der Waals surface area contributed by atoms with Gasteiger partial charge in [-0.25, -0.2) is 0 Å². The highest BCUT2D eigenvalue weighted by atomic mass is 16.2. The van der Waals surface area contributed by atoms with Crippen molar-refractivity contribution >= 4 is 5.91 Å². The number of carbonyl (C=O) groups excluding carboxylic acids is 1. The third-order valence-electron chi connectivity index (χ3n) is 4.82. The van der Waals surface area contributed by atoms with Crippen LogP contribution in [-0.2, 0) is 4.79 Å². The first-order valence-electron chi connectivity index (χ1n) is 7.60. The van der Waals surface area contributed by atoms with Crippen LogP contribution in [0.5, 0.6) is 0 Å². The molecule has 3 atom stereocenters. The Labute approximate surface area is 111 Å². The minimum atomic E-state index is 0.299. The second-order valence-corrected chi connectivity index (χ2v) is 6.47. The summed E-state index contributed by atoms with van der Waals surface area (Å²) >= 11 is 0. The number of carbonyl (C=O) groups is 1. The standard InChI is InChI=1S/C15H28N2O/c1-11-8-12(2)13(3)17(10-11)15(18)9-16-14-6-4-5-7-14/h11-14,16H,4-10H2,1-3H3. The molecule has 1 N–H and O–H groups in total. The van der Waals surface area contributed by atoms with Crippen molar-refractivity contribution in [1.82, 2.24) is 10.2 Å². The van der Waals surface area contributed by atoms with Crippen molar-refractivity contribution < 1.29 is 4.79 Å². The molecular formula is C15H28N2O. The van der Waals surface area contributed by atoms with Gasteiger partial charge in [-0.3, -0.25) is 4.79 Å². The van der Waals surface area contributed by atoms with Crippen molar-refractivity contribution in [2.24, 2.45) is 11.8 Å². The Kier molecular flexibility index (Phi) is 4.66. The monoisotopic (exact) mass is 252 g/mol. The summed E-state index contributed by atoms with van der Waals surface area (Å²) in [6.07, 6.45) is 6.38. The third kappa shape index (κ3) is 3.25. The van der Waals surface area contributed by atoms with Crippen LogP contribution >= 0.6 is 0 Å². The molecule has 0 aromatic rings. The summed E-state index contributed by atoms with van der Waals surface area (Å²) in [6.45, 7) is 8.20. The predicted molar refractivity (Wildman–Crippen MR) is 74.4 cm³/mol. The van der Waals surface area contributed by atoms with Gasteiger partial charge in [0.05, 0.1) is 6.54 Å². The Morgan fingerprint density at radius 2 is 1.89 bits per heavy atom. The van der Waals surface area contributed by atoms with Gasteiger partial charge in [-0.1, -0.05) is 26.7 Å². The zero-order valence-electron chi connectivity index (χ0n) is 12.1. The normalized spacial score (nSPS) is 33.9. The van der Waals surface area contributed by atoms with E-state index < -0.39 is 0 Å². The van der Waals surface area contributed by atoms with E-state index in [4.69, 9.17) is 0 Å². The largest absolute Gasteiger partial charge is 0.338 e. The Bertz CT molecular complexity index is 286. The van der Waals surface area contributed by atoms with E-state index in [9.17, 15) is 4.79 Å². The average Bonchev–Trinajstić information content (AvgIpc) is 2.83. The summed E-state index contributed by atoms with van der Waals surface area (Å²) in [6, 6.07) is 0.989. The summed E-state index contributed by atoms with van der Waals surface area (Å²) in [4.78, 5) is 14.4. The molecule has 104 valence electrons. The summed E-state index contributed by atoms with van der Waals surface area (Å²) in [5, 5.41) is 3.44. The minimum absolute atomic E-state index is 0.299. The van der Waals surface area contributed by atoms with Crippen LogP contribution in [0.15, 0.2) is 0 Å². The quantitative estimate of drug-likeness (QED) is 0.836. The van der Waals surface area contributed by atoms with Gasteiger partial charge in [0.15, 0.2) is 0 Å². The van der Waals surface area contributed by atoms with Crippen LogP contribution in [0.4, 0.5) is 0 Å². The number of rotatable bonds is 3. The van der Waals surface area contributed by atoms with Crippen LogP contribution in [0.25, 0.3) is 0 Å². The van der Waals surface area contributed by atoms with Gasteiger partial charge in [-0.2, -0.15) is 0 Å². The lowest BCUT2D eigenvalue weighted by atomic mass is 9.86. The molecule has 0 aromatic heterocycles. The molecule has 1 saturated carbocycles. The molecular weight excluding hydrogens is 224 g/mol. The first kappa shape index (κ1) is 13.9. The summed E-state index contributed by atoms with van der Waals surface area (Å²) in [7, 11) is 0. The molecule has 0 bridgehead atoms. The molecule has 1 aliphatic carbocycles. The van der Waals surface area contributed by atoms with Crippen molar-refractivity contribution in [3.63, 3.8) is 0 Å². The SMILES string of the molecule is CC1CC(C)C(C)N(C(=O)CNC2CCCC2)C1. The predicted octanol–water partition coefficient (Wildman–Crippen LogP) is 2.41. The number of amides is 1. The van der Waals surface area contributed by atoms with E-state index in [1.807, 2.05) is 0 Å². The summed E-state index contributed by atoms with van der Waals surface area (Å²) in [5.41, 5.74) is 0. The van der Waals surface area contributed by atoms with E-state index >= 15 is 0 Å². The number of nitrogens with one attached hydrogen (secondary N) is 1. The van der Waals surface area contributed by atoms with E-state index in [2.05, 4.69) is 31.0 Å². The summed E-state index contributed by atoms with van der Waals surface area (Å²) in [5.74, 6) is 1.57. The lowest BCUT2D eigenvalue weighted by molar-refractivity contribution is -0.136. The van der Waals surface area contributed by atoms with E-state index in [1.165, 1.54) is 32.1 Å². The van der Waals surface area contributed by atoms with Gasteiger partial charge in [-0.15, -0.1) is 0 Å². The highest BCUT2D eigenvalue weighted by molar-refractivity contribution is 5.78. The lowest BCUT2D eigenvalue weighted by Crippen LogP contribution is -2.52. The number of hydrogen-bond donors (Lipinski definition) is 1. The van der Waals surface area contributed by atoms with Gasteiger partial charge in [0, 0.05) is 18.6 Å². The second kappa shape index (κ2) is 6.05. The fourth-order valence-corrected chi connectivity index (χ4v) is 3.51. The van der Waals surface area contributed by atoms with Crippen molar-refractivity contribution in [2.45, 2.75) is 65.0 Å². The first-order chi connectivity index (χ1) is 8.58. The van der Waals surface area contributed by atoms with E-state index in [1.54, 1.807) is 0 Å². The topological polar surface area (TPSA) is 32.3 Å². The van der Waals surface area contributed by atoms with Gasteiger partial charge in [0.2, 0.25) is 5.91 Å². The summed E-state index contributed by atoms with van der Waals surface area (Å²) < 4.78 is 0. The molecule has 1 heterocycles. The fraction of sp³-hybridized carbons (Fsp3) is 0.933. The molecule has 1 saturated heterocycles. The van der Waals surface area contributed by atoms with Gasteiger partial charge < -0.3 is 10.2 Å². The van der Waals surface area contributed by atoms with Crippen molar-refractivity contribution in [1.29, 1.82) is 0 Å². The van der Waals surface area contributed by atoms with Crippen molar-refractivity contribution in [3.05, 3.63) is 0 Å². The van der Waals surface area contributed by atoms with Crippen LogP contribution in [0.3, 0.4) is 0 Å². The average molecular weight is 252 g/mol. The zero-order chi connectivity index (χ0) is 13.1. The van der Waals surface area contributed by atoms with Crippen molar-refractivity contribution in [3.8, 4) is 0 Å². The fourth-order valence-electron chi connectivity index (χ4n) is 3.51. The molecule has 18 heavy (non-hydrogen) atoms. The first-order valence-corrected chi connectivity index (χ1v) is 7.60. The molecule has 3 heteroatoms. The Morgan fingerprint density at radius 1 is 1.22 bits per heavy atom. The van der Waals surface area contributed by atoms with E-state index in [0.29, 0.717) is 36.4 Å². The van der Waals surface area contributed by atoms with Crippen LogP contribution in [-0.4, -0.2) is 36.0 Å². The van der Waals surface area contributed by atoms with E-state index in [-0.39, 0.29) is 0 Å². The zero-order valence-corrected chi connectivity index (χ0v) is 12.1. The van der Waals surface area contributed by atoms with Gasteiger partial charge in [0.1, 0.15) is 0 Å². The van der Waals surface area contributed by atoms with Gasteiger partial charge in [0.25, 0.3) is 0 Å². The molecule has 0 spiro atoms. The number of nitrogens with zero attached hydrogens (tertiary/aromatic N) is 1. The van der Waals surface area contributed by atoms with Crippen molar-refractivity contribution in [2.75, 3.05) is 13.1 Å². The molecule has 2 fully saturated rings. The number of likely N-dealkylation sites (tertiary alicyclic amines) is 1. The number of piperidine rings is 1. The van der Waals surface area contributed by atoms with Crippen LogP contribution in [0, 0.1) is 11.8 Å². The molecule has 3 unspecified atom stereocenters. The van der Waals surface area contributed by atoms with Crippen LogP contribution in [0.2, 0.25) is 0 Å². The molecule has 2 rings (SSSR count).